The van der Waals surface area contributed by atoms with Gasteiger partial charge in [0.25, 0.3) is 0 Å². The van der Waals surface area contributed by atoms with Gasteiger partial charge in [-0.2, -0.15) is 0 Å². The number of benzene rings is 1. The van der Waals surface area contributed by atoms with Crippen LogP contribution in [0.5, 0.6) is 5.75 Å². The first-order valence-corrected chi connectivity index (χ1v) is 23.7. The second-order valence-corrected chi connectivity index (χ2v) is 14.7. The van der Waals surface area contributed by atoms with Crippen LogP contribution in [-0.4, -0.2) is 217 Å². The molecule has 1 atom stereocenters. The fourth-order valence-corrected chi connectivity index (χ4v) is 5.71. The topological polar surface area (TPSA) is 168 Å². The molecule has 64 heavy (non-hydrogen) atoms. The van der Waals surface area contributed by atoms with E-state index in [1.165, 1.54) is 31.2 Å². The van der Waals surface area contributed by atoms with E-state index in [2.05, 4.69) is 45.0 Å². The summed E-state index contributed by atoms with van der Waals surface area (Å²) in [5, 5.41) is 8.60. The van der Waals surface area contributed by atoms with E-state index in [1.807, 2.05) is 0 Å². The van der Waals surface area contributed by atoms with Crippen molar-refractivity contribution < 1.29 is 80.9 Å². The number of aliphatic hydroxyl groups excluding tert-OH is 1. The molecule has 378 valence electrons. The van der Waals surface area contributed by atoms with E-state index < -0.39 is 0 Å². The Morgan fingerprint density at radius 1 is 0.344 bits per heavy atom. The Morgan fingerprint density at radius 3 is 0.828 bits per heavy atom. The first kappa shape index (κ1) is 60.4. The summed E-state index contributed by atoms with van der Waals surface area (Å²) >= 11 is 0. The van der Waals surface area contributed by atoms with Crippen LogP contribution in [0.2, 0.25) is 0 Å². The molecule has 17 heteroatoms. The van der Waals surface area contributed by atoms with Crippen LogP contribution < -0.4 is 4.74 Å². The van der Waals surface area contributed by atoms with Gasteiger partial charge in [-0.05, 0) is 36.0 Å². The lowest BCUT2D eigenvalue weighted by Crippen LogP contribution is -2.20. The maximum absolute atomic E-state index is 8.60. The Balaban J connectivity index is 1.68. The van der Waals surface area contributed by atoms with Gasteiger partial charge in [0.2, 0.25) is 0 Å². The van der Waals surface area contributed by atoms with Gasteiger partial charge in [0.05, 0.1) is 205 Å². The summed E-state index contributed by atoms with van der Waals surface area (Å²) in [6.45, 7) is 22.3. The zero-order chi connectivity index (χ0) is 46.0. The molecule has 0 saturated heterocycles. The second-order valence-electron chi connectivity index (χ2n) is 14.7. The minimum absolute atomic E-state index is 0.0216. The Kier molecular flexibility index (Phi) is 46.5. The number of hydrogen-bond donors (Lipinski definition) is 1. The predicted molar refractivity (Wildman–Crippen MR) is 243 cm³/mol. The van der Waals surface area contributed by atoms with Crippen molar-refractivity contribution in [1.82, 2.24) is 0 Å². The fourth-order valence-electron chi connectivity index (χ4n) is 5.71. The number of aliphatic hydroxyl groups is 1. The first-order chi connectivity index (χ1) is 31.7. The van der Waals surface area contributed by atoms with E-state index in [0.29, 0.717) is 205 Å². The zero-order valence-corrected chi connectivity index (χ0v) is 40.0. The Morgan fingerprint density at radius 2 is 0.594 bits per heavy atom. The van der Waals surface area contributed by atoms with Crippen LogP contribution >= 0.6 is 0 Å². The summed E-state index contributed by atoms with van der Waals surface area (Å²) in [7, 11) is 0. The molecule has 0 spiro atoms. The standard InChI is InChI=1S/C47H88O17/c1-4-6-7-12-47(3,5-2)45-8-10-46(11-9-45)64-44-43-63-42-41-62-40-39-61-38-37-60-36-35-59-34-33-58-32-31-57-30-29-56-28-27-55-26-25-54-24-23-53-22-21-52-20-19-51-18-17-50-16-15-49-14-13-48/h8-11,48H,4-7,12-44H2,1-3H3. The molecule has 0 fully saturated rings. The number of hydrogen-bond acceptors (Lipinski definition) is 17. The van der Waals surface area contributed by atoms with E-state index in [0.717, 1.165) is 12.2 Å². The molecule has 1 N–H and O–H groups in total. The highest BCUT2D eigenvalue weighted by Crippen LogP contribution is 2.34. The van der Waals surface area contributed by atoms with Crippen molar-refractivity contribution in [3.63, 3.8) is 0 Å². The van der Waals surface area contributed by atoms with E-state index in [9.17, 15) is 0 Å². The highest BCUT2D eigenvalue weighted by atomic mass is 16.6. The maximum atomic E-state index is 8.60. The van der Waals surface area contributed by atoms with Crippen LogP contribution in [0.25, 0.3) is 0 Å². The third kappa shape index (κ3) is 40.6. The predicted octanol–water partition coefficient (Wildman–Crippen LogP) is 4.55. The molecule has 1 rings (SSSR count). The Labute approximate surface area is 385 Å². The molecular weight excluding hydrogens is 836 g/mol. The van der Waals surface area contributed by atoms with Crippen LogP contribution in [0.4, 0.5) is 0 Å². The molecule has 1 unspecified atom stereocenters. The normalized spacial score (nSPS) is 12.6. The van der Waals surface area contributed by atoms with Crippen LogP contribution in [0.1, 0.15) is 58.4 Å². The maximum Gasteiger partial charge on any atom is 0.119 e. The highest BCUT2D eigenvalue weighted by Gasteiger charge is 2.23. The molecule has 0 saturated carbocycles. The van der Waals surface area contributed by atoms with Gasteiger partial charge in [-0.3, -0.25) is 0 Å². The molecular formula is C47H88O17. The SMILES string of the molecule is CCCCCC(C)(CC)c1ccc(OCCOCCOCCOCCOCCOCCOCCOCCOCCOCCOCCOCCOCCOCCOCCOCCO)cc1. The van der Waals surface area contributed by atoms with Crippen molar-refractivity contribution in [2.75, 3.05) is 211 Å². The Bertz CT molecular complexity index is 1040. The number of rotatable bonds is 54. The molecule has 1 aromatic carbocycles. The van der Waals surface area contributed by atoms with Gasteiger partial charge in [0.15, 0.2) is 0 Å². The molecule has 0 aromatic heterocycles. The van der Waals surface area contributed by atoms with Gasteiger partial charge in [-0.1, -0.05) is 52.2 Å². The smallest absolute Gasteiger partial charge is 0.119 e. The summed E-state index contributed by atoms with van der Waals surface area (Å²) in [5.74, 6) is 0.876. The zero-order valence-electron chi connectivity index (χ0n) is 40.0. The molecule has 0 heterocycles. The van der Waals surface area contributed by atoms with Gasteiger partial charge in [0.1, 0.15) is 12.4 Å². The molecule has 0 aliphatic carbocycles. The molecule has 0 amide bonds. The first-order valence-electron chi connectivity index (χ1n) is 23.7. The second kappa shape index (κ2) is 49.3. The minimum Gasteiger partial charge on any atom is -0.491 e. The van der Waals surface area contributed by atoms with Gasteiger partial charge in [0, 0.05) is 0 Å². The summed E-state index contributed by atoms with van der Waals surface area (Å²) in [4.78, 5) is 0. The molecule has 0 aliphatic rings. The average Bonchev–Trinajstić information content (AvgIpc) is 3.31. The molecule has 0 radical (unpaired) electrons. The lowest BCUT2D eigenvalue weighted by atomic mass is 9.76. The number of unbranched alkanes of at least 4 members (excludes halogenated alkanes) is 2. The van der Waals surface area contributed by atoms with E-state index in [1.54, 1.807) is 0 Å². The van der Waals surface area contributed by atoms with E-state index >= 15 is 0 Å². The van der Waals surface area contributed by atoms with Crippen molar-refractivity contribution in [3.05, 3.63) is 29.8 Å². The van der Waals surface area contributed by atoms with Gasteiger partial charge in [-0.25, -0.2) is 0 Å². The third-order valence-electron chi connectivity index (χ3n) is 9.60. The van der Waals surface area contributed by atoms with Crippen molar-refractivity contribution in [1.29, 1.82) is 0 Å². The Hall–Kier alpha value is -1.62. The largest absolute Gasteiger partial charge is 0.491 e. The summed E-state index contributed by atoms with van der Waals surface area (Å²) in [6.07, 6.45) is 6.18. The minimum atomic E-state index is 0.0216. The lowest BCUT2D eigenvalue weighted by Gasteiger charge is -2.29. The highest BCUT2D eigenvalue weighted by molar-refractivity contribution is 5.32. The monoisotopic (exact) mass is 925 g/mol. The fraction of sp³-hybridized carbons (Fsp3) is 0.872. The molecule has 17 nitrogen and oxygen atoms in total. The van der Waals surface area contributed by atoms with Crippen LogP contribution in [-0.2, 0) is 76.5 Å². The summed E-state index contributed by atoms with van der Waals surface area (Å²) in [6, 6.07) is 8.57. The van der Waals surface area contributed by atoms with E-state index in [4.69, 9.17) is 80.9 Å². The molecule has 0 aliphatic heterocycles. The van der Waals surface area contributed by atoms with Crippen LogP contribution in [0.15, 0.2) is 24.3 Å². The van der Waals surface area contributed by atoms with E-state index in [-0.39, 0.29) is 12.0 Å². The van der Waals surface area contributed by atoms with Crippen LogP contribution in [0.3, 0.4) is 0 Å². The third-order valence-corrected chi connectivity index (χ3v) is 9.60. The van der Waals surface area contributed by atoms with Crippen molar-refractivity contribution >= 4 is 0 Å². The number of ether oxygens (including phenoxy) is 16. The van der Waals surface area contributed by atoms with Crippen molar-refractivity contribution in [2.45, 2.75) is 58.3 Å². The lowest BCUT2D eigenvalue weighted by molar-refractivity contribution is -0.0302. The molecule has 0 bridgehead atoms. The summed E-state index contributed by atoms with van der Waals surface area (Å²) in [5.41, 5.74) is 1.61. The van der Waals surface area contributed by atoms with Crippen molar-refractivity contribution in [3.8, 4) is 5.75 Å². The quantitative estimate of drug-likeness (QED) is 0.0903. The average molecular weight is 925 g/mol. The molecule has 1 aromatic rings. The van der Waals surface area contributed by atoms with Gasteiger partial charge < -0.3 is 80.9 Å². The van der Waals surface area contributed by atoms with Crippen LogP contribution in [0, 0.1) is 0 Å². The van der Waals surface area contributed by atoms with Gasteiger partial charge in [-0.15, -0.1) is 0 Å². The summed E-state index contributed by atoms with van der Waals surface area (Å²) < 4.78 is 88.0. The van der Waals surface area contributed by atoms with Crippen molar-refractivity contribution in [2.24, 2.45) is 0 Å². The van der Waals surface area contributed by atoms with Gasteiger partial charge >= 0.3 is 0 Å².